The highest BCUT2D eigenvalue weighted by molar-refractivity contribution is 6.51. The van der Waals surface area contributed by atoms with E-state index in [2.05, 4.69) is 0 Å². The van der Waals surface area contributed by atoms with Gasteiger partial charge in [-0.05, 0) is 66.6 Å². The third-order valence-corrected chi connectivity index (χ3v) is 6.01. The van der Waals surface area contributed by atoms with Gasteiger partial charge in [0.25, 0.3) is 11.7 Å². The molecule has 6 nitrogen and oxygen atoms in total. The Morgan fingerprint density at radius 2 is 1.62 bits per heavy atom. The van der Waals surface area contributed by atoms with Crippen LogP contribution in [-0.4, -0.2) is 31.0 Å². The van der Waals surface area contributed by atoms with Crippen molar-refractivity contribution in [2.45, 2.75) is 13.0 Å². The molecule has 1 aliphatic heterocycles. The lowest BCUT2D eigenvalue weighted by molar-refractivity contribution is -0.132. The van der Waals surface area contributed by atoms with Gasteiger partial charge in [-0.25, -0.2) is 4.39 Å². The van der Waals surface area contributed by atoms with E-state index >= 15 is 0 Å². The van der Waals surface area contributed by atoms with Crippen LogP contribution in [0.3, 0.4) is 0 Å². The van der Waals surface area contributed by atoms with Crippen molar-refractivity contribution in [3.8, 4) is 11.5 Å². The van der Waals surface area contributed by atoms with Gasteiger partial charge in [0, 0.05) is 11.3 Å². The molecule has 4 rings (SSSR count). The summed E-state index contributed by atoms with van der Waals surface area (Å²) < 4.78 is 24.1. The summed E-state index contributed by atoms with van der Waals surface area (Å²) in [5.41, 5.74) is 1.73. The largest absolute Gasteiger partial charge is 0.507 e. The molecule has 0 saturated carbocycles. The lowest BCUT2D eigenvalue weighted by Gasteiger charge is -2.26. The number of ether oxygens (including phenoxy) is 2. The Labute approximate surface area is 200 Å². The summed E-state index contributed by atoms with van der Waals surface area (Å²) in [6.07, 6.45) is 0. The first-order valence-electron chi connectivity index (χ1n) is 10.3. The number of hydrogen-bond acceptors (Lipinski definition) is 5. The molecule has 8 heteroatoms. The number of amides is 1. The molecule has 174 valence electrons. The molecule has 1 atom stereocenters. The minimum absolute atomic E-state index is 0.117. The second kappa shape index (κ2) is 9.19. The summed E-state index contributed by atoms with van der Waals surface area (Å²) in [7, 11) is 2.99. The van der Waals surface area contributed by atoms with Gasteiger partial charge in [-0.2, -0.15) is 0 Å². The van der Waals surface area contributed by atoms with Crippen molar-refractivity contribution >= 4 is 34.7 Å². The maximum Gasteiger partial charge on any atom is 0.300 e. The van der Waals surface area contributed by atoms with Crippen LogP contribution in [0.15, 0.2) is 66.2 Å². The van der Waals surface area contributed by atoms with Crippen molar-refractivity contribution in [1.29, 1.82) is 0 Å². The van der Waals surface area contributed by atoms with Gasteiger partial charge in [-0.15, -0.1) is 0 Å². The number of carbonyl (C=O) groups is 2. The van der Waals surface area contributed by atoms with Gasteiger partial charge in [0.1, 0.15) is 23.1 Å². The number of Topliss-reactive ketones (excluding diaryl/α,β-unsaturated/α-hetero) is 1. The quantitative estimate of drug-likeness (QED) is 0.299. The van der Waals surface area contributed by atoms with Crippen LogP contribution in [0.2, 0.25) is 5.02 Å². The zero-order valence-corrected chi connectivity index (χ0v) is 19.4. The number of anilines is 1. The van der Waals surface area contributed by atoms with Gasteiger partial charge < -0.3 is 14.6 Å². The predicted molar refractivity (Wildman–Crippen MR) is 127 cm³/mol. The fraction of sp³-hybridized carbons (Fsp3) is 0.154. The summed E-state index contributed by atoms with van der Waals surface area (Å²) in [5, 5.41) is 11.4. The molecule has 1 N–H and O–H groups in total. The van der Waals surface area contributed by atoms with E-state index in [0.29, 0.717) is 28.3 Å². The summed E-state index contributed by atoms with van der Waals surface area (Å²) in [6, 6.07) is 14.0. The van der Waals surface area contributed by atoms with Gasteiger partial charge in [0.15, 0.2) is 0 Å². The molecular weight excluding hydrogens is 461 g/mol. The van der Waals surface area contributed by atoms with E-state index in [4.69, 9.17) is 21.1 Å². The summed E-state index contributed by atoms with van der Waals surface area (Å²) in [6.45, 7) is 1.80. The fourth-order valence-corrected chi connectivity index (χ4v) is 4.30. The van der Waals surface area contributed by atoms with E-state index in [9.17, 15) is 19.1 Å². The van der Waals surface area contributed by atoms with Crippen LogP contribution < -0.4 is 14.4 Å². The number of aliphatic hydroxyl groups excluding tert-OH is 1. The van der Waals surface area contributed by atoms with Crippen molar-refractivity contribution in [2.24, 2.45) is 0 Å². The summed E-state index contributed by atoms with van der Waals surface area (Å²) in [4.78, 5) is 27.6. The Morgan fingerprint density at radius 1 is 0.971 bits per heavy atom. The third kappa shape index (κ3) is 3.99. The van der Waals surface area contributed by atoms with Gasteiger partial charge in [0.2, 0.25) is 0 Å². The lowest BCUT2D eigenvalue weighted by Crippen LogP contribution is -2.29. The van der Waals surface area contributed by atoms with Crippen molar-refractivity contribution in [3.05, 3.63) is 93.8 Å². The summed E-state index contributed by atoms with van der Waals surface area (Å²) >= 11 is 6.28. The number of halogens is 2. The average Bonchev–Trinajstić information content (AvgIpc) is 3.09. The molecule has 0 aliphatic carbocycles. The SMILES string of the molecule is COc1ccc(/C(O)=C2\C(=O)C(=O)N(c3ccc(OC)c(Cl)c3)C2c2ccc(F)cc2)cc1C. The van der Waals surface area contributed by atoms with Crippen LogP contribution in [0.25, 0.3) is 5.76 Å². The minimum Gasteiger partial charge on any atom is -0.507 e. The Hall–Kier alpha value is -3.84. The van der Waals surface area contributed by atoms with E-state index in [1.54, 1.807) is 37.3 Å². The monoisotopic (exact) mass is 481 g/mol. The zero-order chi connectivity index (χ0) is 24.6. The molecule has 0 spiro atoms. The molecule has 1 aliphatic rings. The third-order valence-electron chi connectivity index (χ3n) is 5.71. The first kappa shape index (κ1) is 23.3. The standard InChI is InChI=1S/C26H21ClFNO5/c1-14-12-16(6-10-20(14)33-2)24(30)22-23(15-4-7-17(28)8-5-15)29(26(32)25(22)31)18-9-11-21(34-3)19(27)13-18/h4-13,23,30H,1-3H3/b24-22+. The van der Waals surface area contributed by atoms with Gasteiger partial charge in [0.05, 0.1) is 30.9 Å². The number of methoxy groups -OCH3 is 2. The van der Waals surface area contributed by atoms with E-state index in [0.717, 1.165) is 5.56 Å². The van der Waals surface area contributed by atoms with Crippen LogP contribution in [0.5, 0.6) is 11.5 Å². The topological polar surface area (TPSA) is 76.1 Å². The molecule has 3 aromatic rings. The normalized spacial score (nSPS) is 17.2. The molecule has 0 bridgehead atoms. The zero-order valence-electron chi connectivity index (χ0n) is 18.6. The van der Waals surface area contributed by atoms with E-state index < -0.39 is 23.5 Å². The minimum atomic E-state index is -1.01. The average molecular weight is 482 g/mol. The Balaban J connectivity index is 1.93. The number of ketones is 1. The van der Waals surface area contributed by atoms with Crippen molar-refractivity contribution in [1.82, 2.24) is 0 Å². The maximum atomic E-state index is 13.7. The van der Waals surface area contributed by atoms with Gasteiger partial charge in [-0.1, -0.05) is 23.7 Å². The van der Waals surface area contributed by atoms with Crippen LogP contribution in [0.1, 0.15) is 22.7 Å². The van der Waals surface area contributed by atoms with Crippen LogP contribution in [0.4, 0.5) is 10.1 Å². The first-order chi connectivity index (χ1) is 16.3. The summed E-state index contributed by atoms with van der Waals surface area (Å²) in [5.74, 6) is -1.52. The second-order valence-corrected chi connectivity index (χ2v) is 8.13. The number of rotatable bonds is 5. The number of aliphatic hydroxyl groups is 1. The Bertz CT molecular complexity index is 1320. The second-order valence-electron chi connectivity index (χ2n) is 7.72. The smallest absolute Gasteiger partial charge is 0.300 e. The Morgan fingerprint density at radius 3 is 2.21 bits per heavy atom. The molecule has 3 aromatic carbocycles. The van der Waals surface area contributed by atoms with Gasteiger partial charge in [-0.3, -0.25) is 14.5 Å². The lowest BCUT2D eigenvalue weighted by atomic mass is 9.94. The van der Waals surface area contributed by atoms with Crippen molar-refractivity contribution in [2.75, 3.05) is 19.1 Å². The molecule has 1 amide bonds. The first-order valence-corrected chi connectivity index (χ1v) is 10.7. The highest BCUT2D eigenvalue weighted by Gasteiger charge is 2.47. The molecule has 34 heavy (non-hydrogen) atoms. The number of nitrogens with zero attached hydrogens (tertiary/aromatic N) is 1. The van der Waals surface area contributed by atoms with Gasteiger partial charge >= 0.3 is 0 Å². The maximum absolute atomic E-state index is 13.7. The van der Waals surface area contributed by atoms with Crippen molar-refractivity contribution < 1.29 is 28.6 Å². The fourth-order valence-electron chi connectivity index (χ4n) is 4.05. The van der Waals surface area contributed by atoms with Crippen molar-refractivity contribution in [3.63, 3.8) is 0 Å². The van der Waals surface area contributed by atoms with Crippen LogP contribution in [0, 0.1) is 12.7 Å². The highest BCUT2D eigenvalue weighted by atomic mass is 35.5. The predicted octanol–water partition coefficient (Wildman–Crippen LogP) is 5.43. The Kier molecular flexibility index (Phi) is 6.30. The molecule has 1 unspecified atom stereocenters. The number of benzene rings is 3. The van der Waals surface area contributed by atoms with E-state index in [1.807, 2.05) is 0 Å². The molecule has 0 aromatic heterocycles. The van der Waals surface area contributed by atoms with Crippen LogP contribution >= 0.6 is 11.6 Å². The number of hydrogen-bond donors (Lipinski definition) is 1. The molecule has 1 heterocycles. The number of aryl methyl sites for hydroxylation is 1. The van der Waals surface area contributed by atoms with Crippen LogP contribution in [-0.2, 0) is 9.59 Å². The van der Waals surface area contributed by atoms with E-state index in [1.165, 1.54) is 49.5 Å². The molecular formula is C26H21ClFNO5. The molecule has 1 fully saturated rings. The molecule has 1 saturated heterocycles. The molecule has 0 radical (unpaired) electrons. The van der Waals surface area contributed by atoms with E-state index in [-0.39, 0.29) is 16.4 Å². The highest BCUT2D eigenvalue weighted by Crippen LogP contribution is 2.43. The number of carbonyl (C=O) groups excluding carboxylic acids is 2.